The molecular formula is C18H23Cl2FN4O. The maximum Gasteiger partial charge on any atom is 0.256 e. The molecule has 2 aliphatic rings. The van der Waals surface area contributed by atoms with Gasteiger partial charge in [-0.25, -0.2) is 14.4 Å². The average molecular weight is 401 g/mol. The summed E-state index contributed by atoms with van der Waals surface area (Å²) in [5.41, 5.74) is 2.77. The number of carbonyl (C=O) groups is 1. The van der Waals surface area contributed by atoms with Crippen molar-refractivity contribution in [1.82, 2.24) is 20.2 Å². The summed E-state index contributed by atoms with van der Waals surface area (Å²) in [6.07, 6.45) is 3.22. The molecule has 0 spiro atoms. The molecule has 1 N–H and O–H groups in total. The van der Waals surface area contributed by atoms with Crippen LogP contribution >= 0.6 is 24.8 Å². The summed E-state index contributed by atoms with van der Waals surface area (Å²) in [5, 5.41) is 3.56. The summed E-state index contributed by atoms with van der Waals surface area (Å²) in [6, 6.07) is 3.49. The van der Waals surface area contributed by atoms with Crippen LogP contribution in [-0.2, 0) is 0 Å². The minimum absolute atomic E-state index is 0. The maximum absolute atomic E-state index is 14.0. The van der Waals surface area contributed by atoms with Crippen molar-refractivity contribution in [1.29, 1.82) is 0 Å². The van der Waals surface area contributed by atoms with Gasteiger partial charge >= 0.3 is 0 Å². The number of benzene rings is 1. The number of aromatic nitrogens is 2. The Bertz CT molecular complexity index is 832. The molecule has 2 bridgehead atoms. The molecule has 1 aromatic carbocycles. The van der Waals surface area contributed by atoms with Crippen LogP contribution in [0.4, 0.5) is 4.39 Å². The van der Waals surface area contributed by atoms with Crippen molar-refractivity contribution in [2.75, 3.05) is 13.1 Å². The first-order valence-corrected chi connectivity index (χ1v) is 8.51. The molecule has 2 saturated heterocycles. The second-order valence-corrected chi connectivity index (χ2v) is 6.89. The molecule has 2 aliphatic heterocycles. The van der Waals surface area contributed by atoms with Gasteiger partial charge in [0.05, 0.1) is 22.5 Å². The predicted molar refractivity (Wildman–Crippen MR) is 104 cm³/mol. The molecule has 1 amide bonds. The van der Waals surface area contributed by atoms with Gasteiger partial charge in [0.25, 0.3) is 5.91 Å². The molecule has 0 aliphatic carbocycles. The lowest BCUT2D eigenvalue weighted by atomic mass is 10.1. The Labute approximate surface area is 164 Å². The monoisotopic (exact) mass is 400 g/mol. The van der Waals surface area contributed by atoms with E-state index in [0.717, 1.165) is 24.2 Å². The molecule has 2 unspecified atom stereocenters. The minimum Gasteiger partial charge on any atom is -0.337 e. The molecule has 2 aromatic rings. The lowest BCUT2D eigenvalue weighted by Gasteiger charge is -2.24. The second kappa shape index (κ2) is 8.03. The molecule has 4 rings (SSSR count). The van der Waals surface area contributed by atoms with Crippen LogP contribution < -0.4 is 5.32 Å². The van der Waals surface area contributed by atoms with Gasteiger partial charge in [-0.3, -0.25) is 4.79 Å². The number of likely N-dealkylation sites (tertiary alicyclic amines) is 1. The van der Waals surface area contributed by atoms with E-state index in [-0.39, 0.29) is 30.7 Å². The van der Waals surface area contributed by atoms with Gasteiger partial charge in [0.15, 0.2) is 0 Å². The van der Waals surface area contributed by atoms with Crippen LogP contribution in [0.15, 0.2) is 12.1 Å². The van der Waals surface area contributed by atoms with E-state index in [1.807, 2.05) is 18.7 Å². The highest BCUT2D eigenvalue weighted by molar-refractivity contribution is 6.04. The van der Waals surface area contributed by atoms with Gasteiger partial charge in [0, 0.05) is 31.2 Å². The van der Waals surface area contributed by atoms with E-state index in [1.54, 1.807) is 0 Å². The summed E-state index contributed by atoms with van der Waals surface area (Å²) < 4.78 is 14.0. The van der Waals surface area contributed by atoms with Crippen LogP contribution in [0.5, 0.6) is 0 Å². The topological polar surface area (TPSA) is 58.1 Å². The zero-order valence-corrected chi connectivity index (χ0v) is 16.4. The normalized spacial score (nSPS) is 21.7. The van der Waals surface area contributed by atoms with E-state index < -0.39 is 5.82 Å². The smallest absolute Gasteiger partial charge is 0.256 e. The number of hydrogen-bond acceptors (Lipinski definition) is 4. The van der Waals surface area contributed by atoms with E-state index in [2.05, 4.69) is 15.3 Å². The molecule has 2 atom stereocenters. The first kappa shape index (κ1) is 20.8. The lowest BCUT2D eigenvalue weighted by Crippen LogP contribution is -2.39. The lowest BCUT2D eigenvalue weighted by molar-refractivity contribution is 0.0749. The molecule has 26 heavy (non-hydrogen) atoms. The van der Waals surface area contributed by atoms with Crippen LogP contribution in [0.2, 0.25) is 0 Å². The Morgan fingerprint density at radius 1 is 1.12 bits per heavy atom. The summed E-state index contributed by atoms with van der Waals surface area (Å²) >= 11 is 0. The highest BCUT2D eigenvalue weighted by Crippen LogP contribution is 2.24. The molecule has 0 radical (unpaired) electrons. The number of aryl methyl sites for hydroxylation is 2. The van der Waals surface area contributed by atoms with Gasteiger partial charge in [-0.2, -0.15) is 0 Å². The van der Waals surface area contributed by atoms with Gasteiger partial charge in [0.1, 0.15) is 11.3 Å². The number of rotatable bonds is 1. The van der Waals surface area contributed by atoms with Gasteiger partial charge in [0.2, 0.25) is 0 Å². The fourth-order valence-electron chi connectivity index (χ4n) is 3.76. The van der Waals surface area contributed by atoms with Gasteiger partial charge in [-0.05, 0) is 39.2 Å². The number of carbonyl (C=O) groups excluding carboxylic acids is 1. The second-order valence-electron chi connectivity index (χ2n) is 6.89. The molecule has 5 nitrogen and oxygen atoms in total. The summed E-state index contributed by atoms with van der Waals surface area (Å²) in [7, 11) is 0. The Balaban J connectivity index is 0.00000121. The number of fused-ring (bicyclic) bond motifs is 3. The number of nitrogens with zero attached hydrogens (tertiary/aromatic N) is 3. The fourth-order valence-corrected chi connectivity index (χ4v) is 3.76. The van der Waals surface area contributed by atoms with E-state index in [1.165, 1.54) is 18.6 Å². The summed E-state index contributed by atoms with van der Waals surface area (Å²) in [5.74, 6) is -0.593. The quantitative estimate of drug-likeness (QED) is 0.798. The van der Waals surface area contributed by atoms with Crippen molar-refractivity contribution >= 4 is 41.8 Å². The zero-order chi connectivity index (χ0) is 16.8. The Hall–Kier alpha value is -1.50. The highest BCUT2D eigenvalue weighted by Gasteiger charge is 2.32. The van der Waals surface area contributed by atoms with E-state index >= 15 is 0 Å². The highest BCUT2D eigenvalue weighted by atomic mass is 35.5. The van der Waals surface area contributed by atoms with E-state index in [9.17, 15) is 9.18 Å². The fraction of sp³-hybridized carbons (Fsp3) is 0.500. The average Bonchev–Trinajstić information content (AvgIpc) is 2.87. The number of nitrogens with one attached hydrogen (secondary N) is 1. The third kappa shape index (κ3) is 3.77. The standard InChI is InChI=1S/C18H21FN4O.2ClH/c1-10-11(2)21-17-15(7-12(19)8-16(17)20-10)18(24)23-6-5-13-3-4-14(9-23)22-13;;/h7-8,13-14,22H,3-6,9H2,1-2H3;2*1H. The number of amides is 1. The van der Waals surface area contributed by atoms with Gasteiger partial charge in [-0.1, -0.05) is 0 Å². The zero-order valence-electron chi connectivity index (χ0n) is 14.8. The number of halogens is 3. The predicted octanol–water partition coefficient (Wildman–Crippen LogP) is 3.20. The van der Waals surface area contributed by atoms with E-state index in [0.29, 0.717) is 41.8 Å². The third-order valence-electron chi connectivity index (χ3n) is 5.19. The third-order valence-corrected chi connectivity index (χ3v) is 5.19. The van der Waals surface area contributed by atoms with Crippen LogP contribution in [0.25, 0.3) is 11.0 Å². The van der Waals surface area contributed by atoms with Crippen LogP contribution in [0.3, 0.4) is 0 Å². The first-order valence-electron chi connectivity index (χ1n) is 8.51. The summed E-state index contributed by atoms with van der Waals surface area (Å²) in [4.78, 5) is 23.8. The molecule has 142 valence electrons. The van der Waals surface area contributed by atoms with Crippen molar-refractivity contribution in [3.63, 3.8) is 0 Å². The molecular weight excluding hydrogens is 378 g/mol. The van der Waals surface area contributed by atoms with Gasteiger partial charge in [-0.15, -0.1) is 24.8 Å². The molecule has 1 aromatic heterocycles. The van der Waals surface area contributed by atoms with Crippen molar-refractivity contribution in [2.24, 2.45) is 0 Å². The Kier molecular flexibility index (Phi) is 6.42. The first-order chi connectivity index (χ1) is 11.5. The van der Waals surface area contributed by atoms with Crippen molar-refractivity contribution in [2.45, 2.75) is 45.2 Å². The summed E-state index contributed by atoms with van der Waals surface area (Å²) in [6.45, 7) is 5.06. The largest absolute Gasteiger partial charge is 0.337 e. The van der Waals surface area contributed by atoms with Crippen LogP contribution in [0.1, 0.15) is 41.0 Å². The van der Waals surface area contributed by atoms with Crippen molar-refractivity contribution < 1.29 is 9.18 Å². The maximum atomic E-state index is 14.0. The Morgan fingerprint density at radius 3 is 2.58 bits per heavy atom. The SMILES string of the molecule is Cc1nc2cc(F)cc(C(=O)N3CCC4CCC(C3)N4)c2nc1C.Cl.Cl. The molecule has 3 heterocycles. The Morgan fingerprint density at radius 2 is 1.81 bits per heavy atom. The minimum atomic E-state index is -0.446. The van der Waals surface area contributed by atoms with Crippen molar-refractivity contribution in [3.8, 4) is 0 Å². The van der Waals surface area contributed by atoms with Crippen LogP contribution in [0, 0.1) is 19.7 Å². The van der Waals surface area contributed by atoms with Crippen LogP contribution in [-0.4, -0.2) is 45.9 Å². The number of hydrogen-bond donors (Lipinski definition) is 1. The van der Waals surface area contributed by atoms with Gasteiger partial charge < -0.3 is 10.2 Å². The van der Waals surface area contributed by atoms with E-state index in [4.69, 9.17) is 0 Å². The molecule has 2 fully saturated rings. The molecule has 8 heteroatoms. The van der Waals surface area contributed by atoms with Crippen molar-refractivity contribution in [3.05, 3.63) is 34.9 Å². The molecule has 0 saturated carbocycles.